The van der Waals surface area contributed by atoms with Crippen LogP contribution in [0.2, 0.25) is 0 Å². The molecular formula is C15H12O5. The van der Waals surface area contributed by atoms with Crippen molar-refractivity contribution in [1.29, 1.82) is 0 Å². The highest BCUT2D eigenvalue weighted by atomic mass is 16.4. The van der Waals surface area contributed by atoms with Gasteiger partial charge in [-0.1, -0.05) is 18.2 Å². The lowest BCUT2D eigenvalue weighted by molar-refractivity contribution is 0.0686. The maximum absolute atomic E-state index is 10.9. The second kappa shape index (κ2) is 5.54. The fourth-order valence-corrected chi connectivity index (χ4v) is 1.93. The third kappa shape index (κ3) is 2.67. The Hall–Kier alpha value is -2.66. The molecule has 0 unspecified atom stereocenters. The molecule has 3 N–H and O–H groups in total. The van der Waals surface area contributed by atoms with Gasteiger partial charge < -0.3 is 15.3 Å². The Morgan fingerprint density at radius 3 is 1.90 bits per heavy atom. The summed E-state index contributed by atoms with van der Waals surface area (Å²) >= 11 is 0. The van der Waals surface area contributed by atoms with E-state index in [9.17, 15) is 14.7 Å². The van der Waals surface area contributed by atoms with E-state index in [1.165, 1.54) is 24.3 Å². The lowest BCUT2D eigenvalue weighted by Crippen LogP contribution is -2.00. The summed E-state index contributed by atoms with van der Waals surface area (Å²) < 4.78 is 0. The van der Waals surface area contributed by atoms with Gasteiger partial charge in [0.05, 0.1) is 17.7 Å². The minimum Gasteiger partial charge on any atom is -0.478 e. The summed E-state index contributed by atoms with van der Waals surface area (Å²) in [6.07, 6.45) is 0. The molecule has 0 aliphatic rings. The van der Waals surface area contributed by atoms with Gasteiger partial charge in [0.2, 0.25) is 0 Å². The zero-order valence-electron chi connectivity index (χ0n) is 10.4. The summed E-state index contributed by atoms with van der Waals surface area (Å²) in [5, 5.41) is 27.1. The highest BCUT2D eigenvalue weighted by Crippen LogP contribution is 2.25. The van der Waals surface area contributed by atoms with Crippen LogP contribution in [0.1, 0.15) is 26.3 Å². The van der Waals surface area contributed by atoms with Gasteiger partial charge in [0.1, 0.15) is 0 Å². The molecule has 0 spiro atoms. The van der Waals surface area contributed by atoms with Crippen molar-refractivity contribution in [2.45, 2.75) is 6.61 Å². The molecule has 102 valence electrons. The van der Waals surface area contributed by atoms with Crippen molar-refractivity contribution in [3.8, 4) is 11.1 Å². The maximum atomic E-state index is 10.9. The standard InChI is InChI=1S/C15H12O5/c16-8-12-7-11(15(19)20)5-6-13(12)9-1-3-10(4-2-9)14(17)18/h1-7,16H,8H2,(H,17,18)(H,19,20). The molecule has 0 saturated carbocycles. The molecule has 0 amide bonds. The van der Waals surface area contributed by atoms with Crippen molar-refractivity contribution >= 4 is 11.9 Å². The summed E-state index contributed by atoms with van der Waals surface area (Å²) in [6.45, 7) is -0.295. The first-order valence-electron chi connectivity index (χ1n) is 5.83. The number of aromatic carboxylic acids is 2. The second-order valence-electron chi connectivity index (χ2n) is 4.22. The molecule has 0 atom stereocenters. The molecule has 0 heterocycles. The summed E-state index contributed by atoms with van der Waals surface area (Å²) in [7, 11) is 0. The molecule has 5 nitrogen and oxygen atoms in total. The van der Waals surface area contributed by atoms with Crippen LogP contribution in [0.15, 0.2) is 42.5 Å². The number of benzene rings is 2. The van der Waals surface area contributed by atoms with Crippen LogP contribution in [0, 0.1) is 0 Å². The first-order valence-corrected chi connectivity index (χ1v) is 5.83. The lowest BCUT2D eigenvalue weighted by atomic mass is 9.97. The van der Waals surface area contributed by atoms with Crippen molar-refractivity contribution < 1.29 is 24.9 Å². The summed E-state index contributed by atoms with van der Waals surface area (Å²) in [5.41, 5.74) is 2.14. The van der Waals surface area contributed by atoms with Crippen LogP contribution in [0.5, 0.6) is 0 Å². The van der Waals surface area contributed by atoms with E-state index in [2.05, 4.69) is 0 Å². The Morgan fingerprint density at radius 1 is 0.850 bits per heavy atom. The molecule has 0 bridgehead atoms. The number of carboxylic acid groups (broad SMARTS) is 2. The molecule has 2 aromatic rings. The lowest BCUT2D eigenvalue weighted by Gasteiger charge is -2.09. The van der Waals surface area contributed by atoms with Crippen LogP contribution in [0.3, 0.4) is 0 Å². The smallest absolute Gasteiger partial charge is 0.335 e. The van der Waals surface area contributed by atoms with E-state index in [0.717, 1.165) is 5.56 Å². The third-order valence-corrected chi connectivity index (χ3v) is 2.97. The normalized spacial score (nSPS) is 10.2. The van der Waals surface area contributed by atoms with E-state index in [1.807, 2.05) is 0 Å². The first kappa shape index (κ1) is 13.8. The minimum absolute atomic E-state index is 0.0972. The van der Waals surface area contributed by atoms with Gasteiger partial charge in [-0.3, -0.25) is 0 Å². The van der Waals surface area contributed by atoms with E-state index in [0.29, 0.717) is 11.1 Å². The van der Waals surface area contributed by atoms with E-state index < -0.39 is 11.9 Å². The molecular weight excluding hydrogens is 260 g/mol. The Bertz CT molecular complexity index is 658. The average molecular weight is 272 g/mol. The van der Waals surface area contributed by atoms with Crippen molar-refractivity contribution in [3.05, 3.63) is 59.2 Å². The van der Waals surface area contributed by atoms with E-state index in [4.69, 9.17) is 10.2 Å². The van der Waals surface area contributed by atoms with Crippen LogP contribution in [-0.4, -0.2) is 27.3 Å². The predicted octanol–water partition coefficient (Wildman–Crippen LogP) is 2.24. The molecule has 0 aliphatic heterocycles. The van der Waals surface area contributed by atoms with Gasteiger partial charge in [-0.2, -0.15) is 0 Å². The van der Waals surface area contributed by atoms with Crippen LogP contribution >= 0.6 is 0 Å². The SMILES string of the molecule is O=C(O)c1ccc(-c2ccc(C(=O)O)cc2CO)cc1. The zero-order valence-corrected chi connectivity index (χ0v) is 10.4. The predicted molar refractivity (Wildman–Crippen MR) is 71.7 cm³/mol. The van der Waals surface area contributed by atoms with Crippen LogP contribution in [0.25, 0.3) is 11.1 Å². The number of aliphatic hydroxyl groups excluding tert-OH is 1. The Morgan fingerprint density at radius 2 is 1.40 bits per heavy atom. The van der Waals surface area contributed by atoms with Crippen molar-refractivity contribution in [2.24, 2.45) is 0 Å². The topological polar surface area (TPSA) is 94.8 Å². The van der Waals surface area contributed by atoms with Crippen LogP contribution in [-0.2, 0) is 6.61 Å². The summed E-state index contributed by atoms with van der Waals surface area (Å²) in [4.78, 5) is 21.7. The average Bonchev–Trinajstić information content (AvgIpc) is 2.46. The Balaban J connectivity index is 2.46. The second-order valence-corrected chi connectivity index (χ2v) is 4.22. The molecule has 0 aromatic heterocycles. The first-order chi connectivity index (χ1) is 9.52. The molecule has 2 rings (SSSR count). The molecule has 2 aromatic carbocycles. The van der Waals surface area contributed by atoms with Crippen molar-refractivity contribution in [1.82, 2.24) is 0 Å². The largest absolute Gasteiger partial charge is 0.478 e. The van der Waals surface area contributed by atoms with Crippen molar-refractivity contribution in [3.63, 3.8) is 0 Å². The van der Waals surface area contributed by atoms with Gasteiger partial charge in [-0.05, 0) is 41.0 Å². The van der Waals surface area contributed by atoms with Gasteiger partial charge in [-0.25, -0.2) is 9.59 Å². The van der Waals surface area contributed by atoms with Gasteiger partial charge in [-0.15, -0.1) is 0 Å². The number of hydrogen-bond acceptors (Lipinski definition) is 3. The molecule has 20 heavy (non-hydrogen) atoms. The summed E-state index contributed by atoms with van der Waals surface area (Å²) in [5.74, 6) is -2.08. The van der Waals surface area contributed by atoms with Crippen molar-refractivity contribution in [2.75, 3.05) is 0 Å². The number of carbonyl (C=O) groups is 2. The number of carboxylic acids is 2. The van der Waals surface area contributed by atoms with Gasteiger partial charge >= 0.3 is 11.9 Å². The highest BCUT2D eigenvalue weighted by molar-refractivity contribution is 5.90. The molecule has 5 heteroatoms. The number of rotatable bonds is 4. The fourth-order valence-electron chi connectivity index (χ4n) is 1.93. The molecule has 0 radical (unpaired) electrons. The Labute approximate surface area is 114 Å². The minimum atomic E-state index is -1.06. The van der Waals surface area contributed by atoms with Crippen LogP contribution < -0.4 is 0 Å². The molecule has 0 saturated heterocycles. The highest BCUT2D eigenvalue weighted by Gasteiger charge is 2.10. The Kier molecular flexibility index (Phi) is 3.81. The van der Waals surface area contributed by atoms with E-state index in [1.54, 1.807) is 18.2 Å². The fraction of sp³-hybridized carbons (Fsp3) is 0.0667. The van der Waals surface area contributed by atoms with Gasteiger partial charge in [0, 0.05) is 0 Å². The molecule has 0 aliphatic carbocycles. The summed E-state index contributed by atoms with van der Waals surface area (Å²) in [6, 6.07) is 10.6. The molecule has 0 fully saturated rings. The number of aliphatic hydroxyl groups is 1. The van der Waals surface area contributed by atoms with E-state index in [-0.39, 0.29) is 17.7 Å². The van der Waals surface area contributed by atoms with Crippen LogP contribution in [0.4, 0.5) is 0 Å². The van der Waals surface area contributed by atoms with Gasteiger partial charge in [0.25, 0.3) is 0 Å². The maximum Gasteiger partial charge on any atom is 0.335 e. The number of hydrogen-bond donors (Lipinski definition) is 3. The zero-order chi connectivity index (χ0) is 14.7. The quantitative estimate of drug-likeness (QED) is 0.793. The van der Waals surface area contributed by atoms with Gasteiger partial charge in [0.15, 0.2) is 0 Å². The third-order valence-electron chi connectivity index (χ3n) is 2.97. The van der Waals surface area contributed by atoms with E-state index >= 15 is 0 Å². The monoisotopic (exact) mass is 272 g/mol.